The number of hydroxylamine groups is 1. The summed E-state index contributed by atoms with van der Waals surface area (Å²) in [5, 5.41) is 34.0. The highest BCUT2D eigenvalue weighted by molar-refractivity contribution is 6.03. The summed E-state index contributed by atoms with van der Waals surface area (Å²) in [4.78, 5) is 32.5. The van der Waals surface area contributed by atoms with E-state index in [1.165, 1.54) is 5.48 Å². The summed E-state index contributed by atoms with van der Waals surface area (Å²) in [5.41, 5.74) is 1.46. The molecule has 0 fully saturated rings. The number of amides is 1. The lowest BCUT2D eigenvalue weighted by Gasteiger charge is -2.14. The van der Waals surface area contributed by atoms with Crippen molar-refractivity contribution in [3.8, 4) is 0 Å². The van der Waals surface area contributed by atoms with Crippen molar-refractivity contribution >= 4 is 28.7 Å². The van der Waals surface area contributed by atoms with Crippen molar-refractivity contribution in [3.05, 3.63) is 67.3 Å². The Kier molecular flexibility index (Phi) is 4.94. The van der Waals surface area contributed by atoms with E-state index < -0.39 is 32.7 Å². The number of non-ortho nitro benzene ring substituents is 1. The van der Waals surface area contributed by atoms with Crippen LogP contribution in [0.3, 0.4) is 0 Å². The molecular weight excluding hydrogens is 332 g/mol. The highest BCUT2D eigenvalue weighted by Crippen LogP contribution is 2.36. The maximum atomic E-state index is 11.9. The van der Waals surface area contributed by atoms with Gasteiger partial charge in [-0.3, -0.25) is 30.2 Å². The summed E-state index contributed by atoms with van der Waals surface area (Å²) in [6.07, 6.45) is 0. The molecule has 0 spiro atoms. The largest absolute Gasteiger partial charge is 0.349 e. The van der Waals surface area contributed by atoms with E-state index in [9.17, 15) is 25.0 Å². The summed E-state index contributed by atoms with van der Waals surface area (Å²) in [7, 11) is 0. The number of hydrogen-bond acceptors (Lipinski definition) is 7. The van der Waals surface area contributed by atoms with E-state index in [4.69, 9.17) is 5.21 Å². The van der Waals surface area contributed by atoms with Gasteiger partial charge in [0.1, 0.15) is 5.69 Å². The van der Waals surface area contributed by atoms with Crippen LogP contribution in [0.1, 0.15) is 21.5 Å². The zero-order chi connectivity index (χ0) is 18.7. The highest BCUT2D eigenvalue weighted by atomic mass is 16.6. The van der Waals surface area contributed by atoms with E-state index in [2.05, 4.69) is 5.32 Å². The number of benzene rings is 2. The second-order valence-corrected chi connectivity index (χ2v) is 5.29. The minimum absolute atomic E-state index is 0.254. The Hall–Kier alpha value is -3.53. The van der Waals surface area contributed by atoms with Gasteiger partial charge in [0.05, 0.1) is 21.5 Å². The quantitative estimate of drug-likeness (QED) is 0.428. The Morgan fingerprint density at radius 3 is 2.32 bits per heavy atom. The lowest BCUT2D eigenvalue weighted by Crippen LogP contribution is -2.20. The normalized spacial score (nSPS) is 10.2. The number of nitrogens with zero attached hydrogens (tertiary/aromatic N) is 2. The molecule has 2 aromatic rings. The van der Waals surface area contributed by atoms with Crippen molar-refractivity contribution in [3.63, 3.8) is 0 Å². The summed E-state index contributed by atoms with van der Waals surface area (Å²) in [6, 6.07) is 6.93. The first kappa shape index (κ1) is 17.8. The maximum absolute atomic E-state index is 11.9. The van der Waals surface area contributed by atoms with Crippen molar-refractivity contribution in [1.29, 1.82) is 0 Å². The number of carbonyl (C=O) groups excluding carboxylic acids is 1. The molecule has 2 rings (SSSR count). The van der Waals surface area contributed by atoms with Gasteiger partial charge in [0.25, 0.3) is 17.3 Å². The van der Waals surface area contributed by atoms with Crippen molar-refractivity contribution in [2.75, 3.05) is 5.32 Å². The van der Waals surface area contributed by atoms with Gasteiger partial charge < -0.3 is 5.32 Å². The molecule has 3 N–H and O–H groups in total. The second kappa shape index (κ2) is 6.93. The molecule has 0 unspecified atom stereocenters. The number of hydrogen-bond donors (Lipinski definition) is 3. The van der Waals surface area contributed by atoms with Crippen LogP contribution in [0.5, 0.6) is 0 Å². The Labute approximate surface area is 141 Å². The van der Waals surface area contributed by atoms with Crippen LogP contribution < -0.4 is 10.8 Å². The van der Waals surface area contributed by atoms with Crippen LogP contribution >= 0.6 is 0 Å². The third-order valence-corrected chi connectivity index (χ3v) is 3.51. The number of anilines is 2. The molecule has 0 aromatic heterocycles. The molecular formula is C15H14N4O6. The van der Waals surface area contributed by atoms with Gasteiger partial charge in [0.2, 0.25) is 0 Å². The number of rotatable bonds is 5. The maximum Gasteiger partial charge on any atom is 0.300 e. The molecule has 1 amide bonds. The predicted octanol–water partition coefficient (Wildman–Crippen LogP) is 2.98. The molecule has 0 aliphatic carbocycles. The lowest BCUT2D eigenvalue weighted by molar-refractivity contribution is -0.393. The van der Waals surface area contributed by atoms with E-state index in [1.807, 2.05) is 13.0 Å². The van der Waals surface area contributed by atoms with E-state index in [0.717, 1.165) is 23.3 Å². The zero-order valence-corrected chi connectivity index (χ0v) is 13.3. The molecule has 2 aromatic carbocycles. The van der Waals surface area contributed by atoms with E-state index in [-0.39, 0.29) is 5.69 Å². The smallest absolute Gasteiger partial charge is 0.300 e. The Bertz CT molecular complexity index is 881. The van der Waals surface area contributed by atoms with Crippen LogP contribution in [0.2, 0.25) is 0 Å². The first-order valence-corrected chi connectivity index (χ1v) is 7.00. The summed E-state index contributed by atoms with van der Waals surface area (Å²) < 4.78 is 0. The average Bonchev–Trinajstić information content (AvgIpc) is 2.56. The molecule has 0 heterocycles. The number of aryl methyl sites for hydroxylation is 2. The van der Waals surface area contributed by atoms with Crippen LogP contribution in [-0.4, -0.2) is 21.0 Å². The van der Waals surface area contributed by atoms with Gasteiger partial charge in [-0.15, -0.1) is 0 Å². The molecule has 0 atom stereocenters. The van der Waals surface area contributed by atoms with Crippen LogP contribution in [0, 0.1) is 34.1 Å². The van der Waals surface area contributed by atoms with Gasteiger partial charge in [-0.05, 0) is 31.0 Å². The molecule has 0 aliphatic rings. The Balaban J connectivity index is 2.72. The van der Waals surface area contributed by atoms with Crippen LogP contribution in [-0.2, 0) is 0 Å². The zero-order valence-electron chi connectivity index (χ0n) is 13.3. The highest BCUT2D eigenvalue weighted by Gasteiger charge is 2.27. The fraction of sp³-hybridized carbons (Fsp3) is 0.133. The Morgan fingerprint density at radius 2 is 1.76 bits per heavy atom. The summed E-state index contributed by atoms with van der Waals surface area (Å²) in [5.74, 6) is -1.11. The molecule has 0 saturated heterocycles. The molecule has 10 nitrogen and oxygen atoms in total. The fourth-order valence-corrected chi connectivity index (χ4v) is 2.24. The van der Waals surface area contributed by atoms with Gasteiger partial charge in [0, 0.05) is 11.8 Å². The standard InChI is InChI=1S/C15H14N4O6/c1-8-3-4-9(2)12(5-8)16-14-11(15(20)17-21)6-10(18(22)23)7-13(14)19(24)25/h3-7,16,21H,1-2H3,(H,17,20). The van der Waals surface area contributed by atoms with Gasteiger partial charge in [0.15, 0.2) is 0 Å². The van der Waals surface area contributed by atoms with Crippen LogP contribution in [0.15, 0.2) is 30.3 Å². The number of nitro benzene ring substituents is 2. The van der Waals surface area contributed by atoms with Crippen LogP contribution in [0.4, 0.5) is 22.7 Å². The summed E-state index contributed by atoms with van der Waals surface area (Å²) in [6.45, 7) is 3.57. The summed E-state index contributed by atoms with van der Waals surface area (Å²) >= 11 is 0. The lowest BCUT2D eigenvalue weighted by atomic mass is 10.1. The predicted molar refractivity (Wildman–Crippen MR) is 88.2 cm³/mol. The van der Waals surface area contributed by atoms with E-state index >= 15 is 0 Å². The van der Waals surface area contributed by atoms with Crippen LogP contribution in [0.25, 0.3) is 0 Å². The number of nitro groups is 2. The molecule has 0 saturated carbocycles. The van der Waals surface area contributed by atoms with Crippen molar-refractivity contribution in [2.45, 2.75) is 13.8 Å². The van der Waals surface area contributed by atoms with Gasteiger partial charge in [-0.25, -0.2) is 5.48 Å². The van der Waals surface area contributed by atoms with E-state index in [0.29, 0.717) is 5.69 Å². The minimum atomic E-state index is -1.11. The first-order chi connectivity index (χ1) is 11.7. The molecule has 0 radical (unpaired) electrons. The van der Waals surface area contributed by atoms with Crippen molar-refractivity contribution < 1.29 is 19.8 Å². The molecule has 25 heavy (non-hydrogen) atoms. The topological polar surface area (TPSA) is 148 Å². The van der Waals surface area contributed by atoms with Gasteiger partial charge >= 0.3 is 0 Å². The SMILES string of the molecule is Cc1ccc(C)c(Nc2c(C(=O)NO)cc([N+](=O)[O-])cc2[N+](=O)[O-])c1. The molecule has 0 bridgehead atoms. The average molecular weight is 346 g/mol. The molecule has 130 valence electrons. The van der Waals surface area contributed by atoms with Gasteiger partial charge in [-0.1, -0.05) is 12.1 Å². The Morgan fingerprint density at radius 1 is 1.08 bits per heavy atom. The third kappa shape index (κ3) is 3.70. The number of carbonyl (C=O) groups is 1. The van der Waals surface area contributed by atoms with Crippen molar-refractivity contribution in [1.82, 2.24) is 5.48 Å². The minimum Gasteiger partial charge on any atom is -0.349 e. The van der Waals surface area contributed by atoms with E-state index in [1.54, 1.807) is 19.1 Å². The fourth-order valence-electron chi connectivity index (χ4n) is 2.24. The monoisotopic (exact) mass is 346 g/mol. The molecule has 10 heteroatoms. The number of nitrogens with one attached hydrogen (secondary N) is 2. The van der Waals surface area contributed by atoms with Gasteiger partial charge in [-0.2, -0.15) is 0 Å². The second-order valence-electron chi connectivity index (χ2n) is 5.29. The third-order valence-electron chi connectivity index (χ3n) is 3.51. The molecule has 0 aliphatic heterocycles. The first-order valence-electron chi connectivity index (χ1n) is 7.00. The van der Waals surface area contributed by atoms with Crippen molar-refractivity contribution in [2.24, 2.45) is 0 Å².